The zero-order valence-electron chi connectivity index (χ0n) is 14.5. The number of amides is 2. The van der Waals surface area contributed by atoms with Crippen LogP contribution in [0.15, 0.2) is 48.7 Å². The van der Waals surface area contributed by atoms with Crippen LogP contribution in [0.25, 0.3) is 0 Å². The molecule has 0 fully saturated rings. The van der Waals surface area contributed by atoms with Crippen molar-refractivity contribution < 1.29 is 27.5 Å². The summed E-state index contributed by atoms with van der Waals surface area (Å²) in [4.78, 5) is 27.4. The number of carbonyl (C=O) groups is 2. The Kier molecular flexibility index (Phi) is 7.26. The van der Waals surface area contributed by atoms with Crippen molar-refractivity contribution in [2.75, 3.05) is 20.3 Å². The Balaban J connectivity index is 1.92. The molecule has 2 aromatic rings. The first kappa shape index (κ1) is 20.3. The quantitative estimate of drug-likeness (QED) is 0.643. The number of aromatic nitrogens is 1. The van der Waals surface area contributed by atoms with Gasteiger partial charge in [-0.05, 0) is 11.6 Å². The Morgan fingerprint density at radius 1 is 1.11 bits per heavy atom. The average Bonchev–Trinajstić information content (AvgIpc) is 2.62. The minimum atomic E-state index is -3.86. The van der Waals surface area contributed by atoms with Crippen LogP contribution < -0.4 is 14.8 Å². The van der Waals surface area contributed by atoms with E-state index in [1.54, 1.807) is 30.3 Å². The minimum absolute atomic E-state index is 0.0128. The van der Waals surface area contributed by atoms with E-state index in [4.69, 9.17) is 9.47 Å². The molecule has 0 saturated heterocycles. The average molecular weight is 393 g/mol. The summed E-state index contributed by atoms with van der Waals surface area (Å²) in [6.45, 7) is 0.605. The van der Waals surface area contributed by atoms with Crippen LogP contribution in [0.2, 0.25) is 0 Å². The van der Waals surface area contributed by atoms with Gasteiger partial charge < -0.3 is 14.8 Å². The van der Waals surface area contributed by atoms with Crippen molar-refractivity contribution >= 4 is 22.0 Å². The number of hydrogen-bond donors (Lipinski definition) is 2. The van der Waals surface area contributed by atoms with Gasteiger partial charge in [0.05, 0.1) is 17.9 Å². The second-order valence-corrected chi connectivity index (χ2v) is 7.09. The fraction of sp³-hybridized carbons (Fsp3) is 0.235. The first-order valence-electron chi connectivity index (χ1n) is 7.89. The molecule has 144 valence electrons. The molecule has 0 unspecified atom stereocenters. The van der Waals surface area contributed by atoms with Crippen LogP contribution in [0.5, 0.6) is 5.88 Å². The number of sulfonamides is 1. The molecule has 2 rings (SSSR count). The standard InChI is InChI=1S/C17H19N3O6S/c1-25-10-9-18-17(22)26-15-8-7-14(11-19-15)16(21)20-27(23,24)12-13-5-3-2-4-6-13/h2-8,11H,9-10,12H2,1H3,(H,18,22)(H,20,21). The van der Waals surface area contributed by atoms with Gasteiger partial charge in [-0.2, -0.15) is 0 Å². The summed E-state index contributed by atoms with van der Waals surface area (Å²) in [5, 5.41) is 2.44. The summed E-state index contributed by atoms with van der Waals surface area (Å²) < 4.78 is 35.8. The molecular weight excluding hydrogens is 374 g/mol. The van der Waals surface area contributed by atoms with Crippen molar-refractivity contribution in [3.05, 3.63) is 59.8 Å². The maximum absolute atomic E-state index is 12.1. The van der Waals surface area contributed by atoms with E-state index in [-0.39, 0.29) is 23.7 Å². The third-order valence-corrected chi connectivity index (χ3v) is 4.43. The number of pyridine rings is 1. The Hall–Kier alpha value is -2.98. The lowest BCUT2D eigenvalue weighted by atomic mass is 10.2. The molecule has 10 heteroatoms. The molecule has 0 atom stereocenters. The van der Waals surface area contributed by atoms with Gasteiger partial charge in [0.2, 0.25) is 15.9 Å². The van der Waals surface area contributed by atoms with Gasteiger partial charge in [0.25, 0.3) is 5.91 Å². The van der Waals surface area contributed by atoms with Gasteiger partial charge in [0, 0.05) is 25.9 Å². The molecular formula is C17H19N3O6S. The van der Waals surface area contributed by atoms with Crippen molar-refractivity contribution in [2.24, 2.45) is 0 Å². The van der Waals surface area contributed by atoms with Crippen LogP contribution >= 0.6 is 0 Å². The number of benzene rings is 1. The number of hydrogen-bond acceptors (Lipinski definition) is 7. The highest BCUT2D eigenvalue weighted by atomic mass is 32.2. The fourth-order valence-corrected chi connectivity index (χ4v) is 3.09. The summed E-state index contributed by atoms with van der Waals surface area (Å²) >= 11 is 0. The first-order valence-corrected chi connectivity index (χ1v) is 9.54. The third-order valence-electron chi connectivity index (χ3n) is 3.22. The summed E-state index contributed by atoms with van der Waals surface area (Å²) in [6.07, 6.45) is 0.396. The second kappa shape index (κ2) is 9.64. The van der Waals surface area contributed by atoms with Crippen molar-refractivity contribution in [3.63, 3.8) is 0 Å². The van der Waals surface area contributed by atoms with E-state index in [0.717, 1.165) is 6.20 Å². The molecule has 0 spiro atoms. The largest absolute Gasteiger partial charge is 0.414 e. The topological polar surface area (TPSA) is 124 Å². The third kappa shape index (κ3) is 7.04. The summed E-state index contributed by atoms with van der Waals surface area (Å²) in [5.41, 5.74) is 0.568. The van der Waals surface area contributed by atoms with E-state index in [1.807, 2.05) is 4.72 Å². The lowest BCUT2D eigenvalue weighted by Gasteiger charge is -2.08. The normalized spacial score (nSPS) is 10.9. The predicted octanol–water partition coefficient (Wildman–Crippen LogP) is 1.08. The lowest BCUT2D eigenvalue weighted by molar-refractivity contribution is 0.0981. The molecule has 0 radical (unpaired) electrons. The SMILES string of the molecule is COCCNC(=O)Oc1ccc(C(=O)NS(=O)(=O)Cc2ccccc2)cn1. The van der Waals surface area contributed by atoms with Crippen LogP contribution in [0.1, 0.15) is 15.9 Å². The monoisotopic (exact) mass is 393 g/mol. The van der Waals surface area contributed by atoms with Gasteiger partial charge in [0.1, 0.15) is 0 Å². The maximum Gasteiger partial charge on any atom is 0.414 e. The molecule has 27 heavy (non-hydrogen) atoms. The molecule has 0 bridgehead atoms. The van der Waals surface area contributed by atoms with E-state index >= 15 is 0 Å². The van der Waals surface area contributed by atoms with E-state index in [1.165, 1.54) is 19.2 Å². The number of ether oxygens (including phenoxy) is 2. The Labute approximate surface area is 156 Å². The molecule has 2 N–H and O–H groups in total. The highest BCUT2D eigenvalue weighted by Gasteiger charge is 2.17. The maximum atomic E-state index is 12.1. The Bertz CT molecular complexity index is 869. The van der Waals surface area contributed by atoms with Gasteiger partial charge in [-0.3, -0.25) is 4.79 Å². The minimum Gasteiger partial charge on any atom is -0.391 e. The molecule has 0 aliphatic carbocycles. The Morgan fingerprint density at radius 2 is 1.85 bits per heavy atom. The van der Waals surface area contributed by atoms with E-state index in [2.05, 4.69) is 10.3 Å². The van der Waals surface area contributed by atoms with Crippen LogP contribution in [0.4, 0.5) is 4.79 Å². The van der Waals surface area contributed by atoms with Gasteiger partial charge in [-0.25, -0.2) is 22.9 Å². The van der Waals surface area contributed by atoms with Crippen molar-refractivity contribution in [1.29, 1.82) is 0 Å². The number of methoxy groups -OCH3 is 1. The van der Waals surface area contributed by atoms with Crippen LogP contribution in [0, 0.1) is 0 Å². The molecule has 0 saturated carbocycles. The molecule has 2 amide bonds. The Morgan fingerprint density at radius 3 is 2.48 bits per heavy atom. The van der Waals surface area contributed by atoms with Crippen molar-refractivity contribution in [1.82, 2.24) is 15.0 Å². The van der Waals surface area contributed by atoms with Gasteiger partial charge in [-0.15, -0.1) is 0 Å². The van der Waals surface area contributed by atoms with Crippen molar-refractivity contribution in [2.45, 2.75) is 5.75 Å². The predicted molar refractivity (Wildman–Crippen MR) is 96.7 cm³/mol. The van der Waals surface area contributed by atoms with Gasteiger partial charge >= 0.3 is 6.09 Å². The van der Waals surface area contributed by atoms with Gasteiger partial charge in [0.15, 0.2) is 0 Å². The van der Waals surface area contributed by atoms with Crippen LogP contribution in [-0.4, -0.2) is 45.7 Å². The summed E-state index contributed by atoms with van der Waals surface area (Å²) in [7, 11) is -2.36. The number of carbonyl (C=O) groups excluding carboxylic acids is 2. The van der Waals surface area contributed by atoms with Crippen molar-refractivity contribution in [3.8, 4) is 5.88 Å². The lowest BCUT2D eigenvalue weighted by Crippen LogP contribution is -2.32. The van der Waals surface area contributed by atoms with E-state index in [0.29, 0.717) is 12.2 Å². The number of nitrogens with zero attached hydrogens (tertiary/aromatic N) is 1. The first-order chi connectivity index (χ1) is 12.9. The molecule has 1 aromatic carbocycles. The van der Waals surface area contributed by atoms with E-state index < -0.39 is 22.0 Å². The fourth-order valence-electron chi connectivity index (χ4n) is 1.99. The van der Waals surface area contributed by atoms with Crippen LogP contribution in [-0.2, 0) is 20.5 Å². The van der Waals surface area contributed by atoms with E-state index in [9.17, 15) is 18.0 Å². The summed E-state index contributed by atoms with van der Waals surface area (Å²) in [6, 6.07) is 11.1. The highest BCUT2D eigenvalue weighted by Crippen LogP contribution is 2.09. The molecule has 1 heterocycles. The smallest absolute Gasteiger partial charge is 0.391 e. The molecule has 0 aliphatic rings. The van der Waals surface area contributed by atoms with Crippen LogP contribution in [0.3, 0.4) is 0 Å². The number of nitrogens with one attached hydrogen (secondary N) is 2. The second-order valence-electron chi connectivity index (χ2n) is 5.37. The zero-order valence-corrected chi connectivity index (χ0v) is 15.4. The molecule has 0 aliphatic heterocycles. The summed E-state index contributed by atoms with van der Waals surface area (Å²) in [5.74, 6) is -1.18. The number of rotatable bonds is 8. The highest BCUT2D eigenvalue weighted by molar-refractivity contribution is 7.89. The molecule has 9 nitrogen and oxygen atoms in total. The molecule has 1 aromatic heterocycles. The van der Waals surface area contributed by atoms with Gasteiger partial charge in [-0.1, -0.05) is 30.3 Å². The zero-order chi connectivity index (χ0) is 19.7.